The number of piperidine rings is 1. The van der Waals surface area contributed by atoms with E-state index in [-0.39, 0.29) is 0 Å². The number of likely N-dealkylation sites (tertiary alicyclic amines) is 1. The number of hydrogen-bond acceptors (Lipinski definition) is 6. The van der Waals surface area contributed by atoms with Crippen LogP contribution in [0.3, 0.4) is 0 Å². The molecule has 0 aliphatic carbocycles. The third kappa shape index (κ3) is 3.21. The van der Waals surface area contributed by atoms with Crippen LogP contribution in [0.4, 0.5) is 5.82 Å². The van der Waals surface area contributed by atoms with Gasteiger partial charge in [0.2, 0.25) is 0 Å². The first-order chi connectivity index (χ1) is 10.3. The highest BCUT2D eigenvalue weighted by molar-refractivity contribution is 5.68. The molecule has 2 aromatic rings. The molecule has 1 aliphatic rings. The Bertz CT molecular complexity index is 589. The second kappa shape index (κ2) is 6.22. The Morgan fingerprint density at radius 1 is 1.38 bits per heavy atom. The zero-order chi connectivity index (χ0) is 14.7. The van der Waals surface area contributed by atoms with Crippen LogP contribution in [-0.4, -0.2) is 47.2 Å². The Morgan fingerprint density at radius 2 is 2.19 bits per heavy atom. The zero-order valence-corrected chi connectivity index (χ0v) is 12.5. The molecule has 0 aromatic carbocycles. The van der Waals surface area contributed by atoms with Crippen molar-refractivity contribution in [2.45, 2.75) is 19.3 Å². The first-order valence-corrected chi connectivity index (χ1v) is 7.40. The molecule has 2 aromatic heterocycles. The van der Waals surface area contributed by atoms with Gasteiger partial charge < -0.3 is 14.7 Å². The van der Waals surface area contributed by atoms with Crippen molar-refractivity contribution in [2.24, 2.45) is 5.92 Å². The largest absolute Gasteiger partial charge is 0.372 e. The van der Waals surface area contributed by atoms with Gasteiger partial charge in [-0.15, -0.1) is 0 Å². The summed E-state index contributed by atoms with van der Waals surface area (Å²) in [5.41, 5.74) is 0.849. The normalized spacial score (nSPS) is 17.0. The van der Waals surface area contributed by atoms with Crippen LogP contribution in [0.25, 0.3) is 11.5 Å². The molecule has 0 saturated carbocycles. The maximum Gasteiger partial charge on any atom is 0.261 e. The van der Waals surface area contributed by atoms with Crippen molar-refractivity contribution in [1.29, 1.82) is 0 Å². The molecule has 3 heterocycles. The fraction of sp³-hybridized carbons (Fsp3) is 0.533. The molecule has 1 fully saturated rings. The second-order valence-corrected chi connectivity index (χ2v) is 5.62. The molecule has 112 valence electrons. The van der Waals surface area contributed by atoms with E-state index < -0.39 is 0 Å². The van der Waals surface area contributed by atoms with Crippen LogP contribution in [-0.2, 0) is 6.42 Å². The summed E-state index contributed by atoms with van der Waals surface area (Å²) in [6, 6.07) is 3.81. The molecule has 0 amide bonds. The summed E-state index contributed by atoms with van der Waals surface area (Å²) in [5.74, 6) is 2.75. The van der Waals surface area contributed by atoms with Crippen molar-refractivity contribution < 1.29 is 4.52 Å². The van der Waals surface area contributed by atoms with Crippen LogP contribution in [0.5, 0.6) is 0 Å². The molecule has 0 bridgehead atoms. The fourth-order valence-corrected chi connectivity index (χ4v) is 2.75. The highest BCUT2D eigenvalue weighted by Gasteiger charge is 2.20. The third-order valence-electron chi connectivity index (χ3n) is 4.05. The van der Waals surface area contributed by atoms with E-state index in [1.54, 1.807) is 6.20 Å². The number of nitrogens with one attached hydrogen (secondary N) is 1. The lowest BCUT2D eigenvalue weighted by Crippen LogP contribution is -2.31. The number of aromatic nitrogens is 3. The van der Waals surface area contributed by atoms with Gasteiger partial charge >= 0.3 is 0 Å². The van der Waals surface area contributed by atoms with Gasteiger partial charge in [0.05, 0.1) is 5.56 Å². The number of pyridine rings is 1. The maximum atomic E-state index is 5.40. The minimum Gasteiger partial charge on any atom is -0.372 e. The van der Waals surface area contributed by atoms with Crippen LogP contribution in [0.2, 0.25) is 0 Å². The molecule has 6 heteroatoms. The van der Waals surface area contributed by atoms with Crippen molar-refractivity contribution in [3.63, 3.8) is 0 Å². The van der Waals surface area contributed by atoms with Gasteiger partial charge in [0.1, 0.15) is 5.82 Å². The van der Waals surface area contributed by atoms with E-state index in [2.05, 4.69) is 32.4 Å². The van der Waals surface area contributed by atoms with E-state index in [0.29, 0.717) is 11.8 Å². The average Bonchev–Trinajstić information content (AvgIpc) is 2.98. The van der Waals surface area contributed by atoms with Crippen LogP contribution in [0.1, 0.15) is 18.7 Å². The summed E-state index contributed by atoms with van der Waals surface area (Å²) in [6.45, 7) is 2.31. The Hall–Kier alpha value is -1.95. The van der Waals surface area contributed by atoms with Gasteiger partial charge in [-0.25, -0.2) is 4.98 Å². The lowest BCUT2D eigenvalue weighted by atomic mass is 9.94. The van der Waals surface area contributed by atoms with Crippen LogP contribution in [0.15, 0.2) is 22.9 Å². The third-order valence-corrected chi connectivity index (χ3v) is 4.05. The Kier molecular flexibility index (Phi) is 4.15. The summed E-state index contributed by atoms with van der Waals surface area (Å²) >= 11 is 0. The standard InChI is InChI=1S/C15H21N5O/c1-16-14-12(4-3-7-17-14)15-18-13(19-21-15)10-11-5-8-20(2)9-6-11/h3-4,7,11H,5-6,8-10H2,1-2H3,(H,16,17). The molecule has 3 rings (SSSR count). The van der Waals surface area contributed by atoms with E-state index in [0.717, 1.165) is 36.7 Å². The molecule has 1 saturated heterocycles. The van der Waals surface area contributed by atoms with Crippen LogP contribution in [0, 0.1) is 5.92 Å². The number of hydrogen-bond donors (Lipinski definition) is 1. The van der Waals surface area contributed by atoms with Crippen molar-refractivity contribution >= 4 is 5.82 Å². The average molecular weight is 287 g/mol. The second-order valence-electron chi connectivity index (χ2n) is 5.62. The zero-order valence-electron chi connectivity index (χ0n) is 12.5. The molecule has 21 heavy (non-hydrogen) atoms. The van der Waals surface area contributed by atoms with E-state index in [1.807, 2.05) is 19.2 Å². The first-order valence-electron chi connectivity index (χ1n) is 7.40. The summed E-state index contributed by atoms with van der Waals surface area (Å²) in [4.78, 5) is 11.2. The summed E-state index contributed by atoms with van der Waals surface area (Å²) in [5, 5.41) is 7.17. The van der Waals surface area contributed by atoms with Crippen molar-refractivity contribution in [2.75, 3.05) is 32.5 Å². The molecule has 0 spiro atoms. The van der Waals surface area contributed by atoms with Crippen molar-refractivity contribution in [3.8, 4) is 11.5 Å². The molecular weight excluding hydrogens is 266 g/mol. The monoisotopic (exact) mass is 287 g/mol. The number of rotatable bonds is 4. The smallest absolute Gasteiger partial charge is 0.261 e. The van der Waals surface area contributed by atoms with Crippen LogP contribution >= 0.6 is 0 Å². The molecular formula is C15H21N5O. The highest BCUT2D eigenvalue weighted by atomic mass is 16.5. The van der Waals surface area contributed by atoms with Gasteiger partial charge in [0, 0.05) is 19.7 Å². The number of nitrogens with zero attached hydrogens (tertiary/aromatic N) is 4. The predicted molar refractivity (Wildman–Crippen MR) is 81.0 cm³/mol. The fourth-order valence-electron chi connectivity index (χ4n) is 2.75. The van der Waals surface area contributed by atoms with Crippen molar-refractivity contribution in [3.05, 3.63) is 24.2 Å². The maximum absolute atomic E-state index is 5.40. The molecule has 0 radical (unpaired) electrons. The summed E-state index contributed by atoms with van der Waals surface area (Å²) in [6.07, 6.45) is 5.04. The summed E-state index contributed by atoms with van der Waals surface area (Å²) in [7, 11) is 4.01. The van der Waals surface area contributed by atoms with E-state index in [9.17, 15) is 0 Å². The van der Waals surface area contributed by atoms with Gasteiger partial charge in [0.25, 0.3) is 5.89 Å². The van der Waals surface area contributed by atoms with E-state index >= 15 is 0 Å². The van der Waals surface area contributed by atoms with E-state index in [1.165, 1.54) is 12.8 Å². The first kappa shape index (κ1) is 14.0. The molecule has 0 unspecified atom stereocenters. The lowest BCUT2D eigenvalue weighted by Gasteiger charge is -2.27. The van der Waals surface area contributed by atoms with Gasteiger partial charge in [0.15, 0.2) is 5.82 Å². The molecule has 0 atom stereocenters. The molecule has 6 nitrogen and oxygen atoms in total. The minimum atomic E-state index is 0.537. The Balaban J connectivity index is 1.71. The van der Waals surface area contributed by atoms with Gasteiger partial charge in [-0.3, -0.25) is 0 Å². The van der Waals surface area contributed by atoms with Gasteiger partial charge in [-0.05, 0) is 51.0 Å². The quantitative estimate of drug-likeness (QED) is 0.928. The molecule has 1 N–H and O–H groups in total. The molecule has 1 aliphatic heterocycles. The SMILES string of the molecule is CNc1ncccc1-c1nc(CC2CCN(C)CC2)no1. The number of anilines is 1. The minimum absolute atomic E-state index is 0.537. The van der Waals surface area contributed by atoms with Crippen LogP contribution < -0.4 is 5.32 Å². The topological polar surface area (TPSA) is 67.1 Å². The van der Waals surface area contributed by atoms with E-state index in [4.69, 9.17) is 4.52 Å². The summed E-state index contributed by atoms with van der Waals surface area (Å²) < 4.78 is 5.40. The van der Waals surface area contributed by atoms with Gasteiger partial charge in [-0.1, -0.05) is 5.16 Å². The Labute approximate surface area is 124 Å². The van der Waals surface area contributed by atoms with Crippen molar-refractivity contribution in [1.82, 2.24) is 20.0 Å². The predicted octanol–water partition coefficient (Wildman–Crippen LogP) is 2.06. The van der Waals surface area contributed by atoms with Gasteiger partial charge in [-0.2, -0.15) is 4.98 Å². The highest BCUT2D eigenvalue weighted by Crippen LogP contribution is 2.25. The lowest BCUT2D eigenvalue weighted by molar-refractivity contribution is 0.216. The Morgan fingerprint density at radius 3 is 2.95 bits per heavy atom.